The Bertz CT molecular complexity index is 713. The minimum absolute atomic E-state index is 0.107. The third-order valence-electron chi connectivity index (χ3n) is 5.64. The number of hydrogen-bond donors (Lipinski definition) is 0. The first-order valence-corrected chi connectivity index (χ1v) is 8.39. The van der Waals surface area contributed by atoms with Crippen LogP contribution in [0.25, 0.3) is 0 Å². The van der Waals surface area contributed by atoms with Crippen LogP contribution in [-0.2, 0) is 4.79 Å². The summed E-state index contributed by atoms with van der Waals surface area (Å²) in [5.74, 6) is 1.25. The fraction of sp³-hybridized carbons (Fsp3) is 0.444. The van der Waals surface area contributed by atoms with Crippen LogP contribution in [0.3, 0.4) is 0 Å². The minimum atomic E-state index is -0.107. The average Bonchev–Trinajstić information content (AvgIpc) is 2.89. The molecule has 1 amide bonds. The lowest BCUT2D eigenvalue weighted by Gasteiger charge is -2.46. The molecule has 2 aromatic heterocycles. The van der Waals surface area contributed by atoms with Crippen LogP contribution in [0.5, 0.6) is 0 Å². The highest BCUT2D eigenvalue weighted by molar-refractivity contribution is 5.81. The first-order valence-electron chi connectivity index (χ1n) is 8.39. The Morgan fingerprint density at radius 1 is 1.08 bits per heavy atom. The van der Waals surface area contributed by atoms with Gasteiger partial charge in [0.1, 0.15) is 0 Å². The van der Waals surface area contributed by atoms with Crippen molar-refractivity contribution in [1.82, 2.24) is 19.9 Å². The van der Waals surface area contributed by atoms with Gasteiger partial charge in [-0.2, -0.15) is 0 Å². The Morgan fingerprint density at radius 3 is 2.42 bits per heavy atom. The lowest BCUT2D eigenvalue weighted by Crippen LogP contribution is -2.54. The van der Waals surface area contributed by atoms with Crippen molar-refractivity contribution in [3.63, 3.8) is 0 Å². The molecular formula is C18H21N5O. The molecule has 6 nitrogen and oxygen atoms in total. The summed E-state index contributed by atoms with van der Waals surface area (Å²) in [5.41, 5.74) is 1.11. The van der Waals surface area contributed by atoms with Gasteiger partial charge in [0.2, 0.25) is 11.9 Å². The van der Waals surface area contributed by atoms with E-state index in [1.807, 2.05) is 42.5 Å². The zero-order valence-electron chi connectivity index (χ0n) is 13.8. The van der Waals surface area contributed by atoms with Crippen LogP contribution in [0.15, 0.2) is 43.0 Å². The van der Waals surface area contributed by atoms with Crippen molar-refractivity contribution in [3.05, 3.63) is 48.5 Å². The molecule has 2 fully saturated rings. The molecule has 0 bridgehead atoms. The first kappa shape index (κ1) is 15.1. The molecule has 2 saturated heterocycles. The molecule has 1 atom stereocenters. The van der Waals surface area contributed by atoms with Crippen molar-refractivity contribution < 1.29 is 4.79 Å². The number of piperidine rings is 1. The molecule has 0 unspecified atom stereocenters. The van der Waals surface area contributed by atoms with E-state index < -0.39 is 0 Å². The van der Waals surface area contributed by atoms with Crippen LogP contribution in [-0.4, -0.2) is 51.4 Å². The topological polar surface area (TPSA) is 62.2 Å². The Kier molecular flexibility index (Phi) is 3.67. The number of amides is 1. The molecular weight excluding hydrogens is 302 g/mol. The molecule has 0 aromatic carbocycles. The van der Waals surface area contributed by atoms with E-state index in [-0.39, 0.29) is 17.4 Å². The number of anilines is 1. The van der Waals surface area contributed by atoms with Gasteiger partial charge in [-0.15, -0.1) is 0 Å². The first-order chi connectivity index (χ1) is 11.7. The van der Waals surface area contributed by atoms with Crippen LogP contribution in [0.4, 0.5) is 5.95 Å². The number of likely N-dealkylation sites (tertiary alicyclic amines) is 1. The molecule has 2 aliphatic heterocycles. The van der Waals surface area contributed by atoms with Gasteiger partial charge in [-0.1, -0.05) is 0 Å². The minimum Gasteiger partial charge on any atom is -0.341 e. The molecule has 1 spiro atoms. The summed E-state index contributed by atoms with van der Waals surface area (Å²) in [6, 6.07) is 5.93. The standard InChI is InChI=1S/C18H21N5O/c1-22-16(24)13-15(14-3-9-19-10-4-14)18(22)5-11-23(12-6-18)17-20-7-2-8-21-17/h2-4,7-10,15H,5-6,11-13H2,1H3/t15-/m0/s1. The van der Waals surface area contributed by atoms with Gasteiger partial charge in [0.05, 0.1) is 5.54 Å². The highest BCUT2D eigenvalue weighted by Gasteiger charge is 2.52. The lowest BCUT2D eigenvalue weighted by atomic mass is 9.74. The number of nitrogens with zero attached hydrogens (tertiary/aromatic N) is 5. The zero-order valence-corrected chi connectivity index (χ0v) is 13.8. The van der Waals surface area contributed by atoms with Crippen LogP contribution < -0.4 is 4.90 Å². The Balaban J connectivity index is 1.60. The number of rotatable bonds is 2. The largest absolute Gasteiger partial charge is 0.341 e. The predicted molar refractivity (Wildman–Crippen MR) is 90.6 cm³/mol. The SMILES string of the molecule is CN1C(=O)C[C@@H](c2ccncc2)C12CCN(c1ncccn1)CC2. The quantitative estimate of drug-likeness (QED) is 0.844. The normalized spacial score (nSPS) is 23.0. The maximum atomic E-state index is 12.5. The summed E-state index contributed by atoms with van der Waals surface area (Å²) in [6.45, 7) is 1.73. The number of pyridine rings is 1. The van der Waals surface area contributed by atoms with Crippen molar-refractivity contribution >= 4 is 11.9 Å². The summed E-state index contributed by atoms with van der Waals surface area (Å²) in [6.07, 6.45) is 9.64. The average molecular weight is 323 g/mol. The Labute approximate surface area is 141 Å². The van der Waals surface area contributed by atoms with Crippen molar-refractivity contribution in [2.24, 2.45) is 0 Å². The molecule has 2 aliphatic rings. The second-order valence-corrected chi connectivity index (χ2v) is 6.63. The molecule has 124 valence electrons. The molecule has 0 N–H and O–H groups in total. The van der Waals surface area contributed by atoms with Crippen molar-refractivity contribution in [2.75, 3.05) is 25.0 Å². The van der Waals surface area contributed by atoms with Gasteiger partial charge >= 0.3 is 0 Å². The fourth-order valence-corrected chi connectivity index (χ4v) is 4.24. The van der Waals surface area contributed by atoms with Crippen LogP contribution >= 0.6 is 0 Å². The molecule has 0 aliphatic carbocycles. The van der Waals surface area contributed by atoms with E-state index in [0.29, 0.717) is 6.42 Å². The summed E-state index contributed by atoms with van der Waals surface area (Å²) >= 11 is 0. The second-order valence-electron chi connectivity index (χ2n) is 6.63. The summed E-state index contributed by atoms with van der Waals surface area (Å²) in [4.78, 5) is 29.5. The fourth-order valence-electron chi connectivity index (χ4n) is 4.24. The van der Waals surface area contributed by atoms with E-state index in [1.54, 1.807) is 12.4 Å². The summed E-state index contributed by atoms with van der Waals surface area (Å²) in [7, 11) is 1.96. The molecule has 4 rings (SSSR count). The van der Waals surface area contributed by atoms with E-state index in [0.717, 1.165) is 31.9 Å². The maximum Gasteiger partial charge on any atom is 0.225 e. The molecule has 0 radical (unpaired) electrons. The van der Waals surface area contributed by atoms with Gasteiger partial charge in [-0.25, -0.2) is 9.97 Å². The maximum absolute atomic E-state index is 12.5. The van der Waals surface area contributed by atoms with E-state index in [2.05, 4.69) is 19.9 Å². The summed E-state index contributed by atoms with van der Waals surface area (Å²) < 4.78 is 0. The van der Waals surface area contributed by atoms with Crippen LogP contribution in [0.2, 0.25) is 0 Å². The molecule has 6 heteroatoms. The number of aromatic nitrogens is 3. The number of likely N-dealkylation sites (N-methyl/N-ethyl adjacent to an activating group) is 1. The van der Waals surface area contributed by atoms with Gasteiger partial charge in [-0.3, -0.25) is 9.78 Å². The van der Waals surface area contributed by atoms with Crippen molar-refractivity contribution in [1.29, 1.82) is 0 Å². The van der Waals surface area contributed by atoms with Crippen molar-refractivity contribution in [2.45, 2.75) is 30.7 Å². The van der Waals surface area contributed by atoms with E-state index in [4.69, 9.17) is 0 Å². The zero-order chi connectivity index (χ0) is 16.6. The number of carbonyl (C=O) groups excluding carboxylic acids is 1. The molecule has 2 aromatic rings. The van der Waals surface area contributed by atoms with Gasteiger partial charge in [0, 0.05) is 57.3 Å². The van der Waals surface area contributed by atoms with Crippen LogP contribution in [0.1, 0.15) is 30.7 Å². The highest BCUT2D eigenvalue weighted by atomic mass is 16.2. The Hall–Kier alpha value is -2.50. The van der Waals surface area contributed by atoms with Gasteiger partial charge < -0.3 is 9.80 Å². The van der Waals surface area contributed by atoms with Crippen molar-refractivity contribution in [3.8, 4) is 0 Å². The van der Waals surface area contributed by atoms with Gasteiger partial charge in [0.15, 0.2) is 0 Å². The monoisotopic (exact) mass is 323 g/mol. The second kappa shape index (κ2) is 5.85. The van der Waals surface area contributed by atoms with Crippen LogP contribution in [0, 0.1) is 0 Å². The Morgan fingerprint density at radius 2 is 1.75 bits per heavy atom. The van der Waals surface area contributed by atoms with E-state index >= 15 is 0 Å². The smallest absolute Gasteiger partial charge is 0.225 e. The van der Waals surface area contributed by atoms with E-state index in [1.165, 1.54) is 5.56 Å². The summed E-state index contributed by atoms with van der Waals surface area (Å²) in [5, 5.41) is 0. The third-order valence-corrected chi connectivity index (χ3v) is 5.64. The third kappa shape index (κ3) is 2.33. The number of carbonyl (C=O) groups is 1. The van der Waals surface area contributed by atoms with E-state index in [9.17, 15) is 4.79 Å². The lowest BCUT2D eigenvalue weighted by molar-refractivity contribution is -0.130. The molecule has 4 heterocycles. The van der Waals surface area contributed by atoms with Gasteiger partial charge in [-0.05, 0) is 36.6 Å². The molecule has 24 heavy (non-hydrogen) atoms. The highest BCUT2D eigenvalue weighted by Crippen LogP contribution is 2.48. The molecule has 0 saturated carbocycles. The predicted octanol–water partition coefficient (Wildman–Crippen LogP) is 1.86. The number of hydrogen-bond acceptors (Lipinski definition) is 5. The van der Waals surface area contributed by atoms with Gasteiger partial charge in [0.25, 0.3) is 0 Å².